The van der Waals surface area contributed by atoms with Crippen LogP contribution in [0.3, 0.4) is 0 Å². The number of esters is 3. The predicted molar refractivity (Wildman–Crippen MR) is 247 cm³/mol. The Balaban J connectivity index is 4.59. The molecule has 1 atom stereocenters. The summed E-state index contributed by atoms with van der Waals surface area (Å²) in [5.74, 6) is -1.10. The van der Waals surface area contributed by atoms with Crippen LogP contribution in [-0.2, 0) is 28.6 Å². The van der Waals surface area contributed by atoms with E-state index in [1.54, 1.807) is 0 Å². The Morgan fingerprint density at radius 3 is 1.38 bits per heavy atom. The van der Waals surface area contributed by atoms with Gasteiger partial charge >= 0.3 is 17.9 Å². The molecule has 58 heavy (non-hydrogen) atoms. The Hall–Kier alpha value is -3.93. The summed E-state index contributed by atoms with van der Waals surface area (Å²) in [5.41, 5.74) is 0. The third-order valence-electron chi connectivity index (χ3n) is 9.13. The minimum absolute atomic E-state index is 0.130. The van der Waals surface area contributed by atoms with Gasteiger partial charge in [-0.3, -0.25) is 14.4 Å². The minimum atomic E-state index is -0.841. The van der Waals surface area contributed by atoms with Crippen LogP contribution in [0.15, 0.2) is 109 Å². The quantitative estimate of drug-likeness (QED) is 0.0202. The minimum Gasteiger partial charge on any atom is -0.462 e. The molecule has 0 amide bonds. The first-order chi connectivity index (χ1) is 28.5. The zero-order valence-corrected chi connectivity index (χ0v) is 37.0. The van der Waals surface area contributed by atoms with Crippen LogP contribution in [0.25, 0.3) is 0 Å². The average Bonchev–Trinajstić information content (AvgIpc) is 3.22. The SMILES string of the molecule is CC\C=C/C=C\C=C/C=C\C=C/CCCC(=O)OC(COC(=O)CC/C=C\C/C=C\CCCCCCCC)COC(=O)CCCCCCCCC/C=C\C/C=C\CC. The molecule has 0 aromatic carbocycles. The fraction of sp³-hybridized carbons (Fsp3) is 0.596. The van der Waals surface area contributed by atoms with Crippen molar-refractivity contribution < 1.29 is 28.6 Å². The summed E-state index contributed by atoms with van der Waals surface area (Å²) in [6.45, 7) is 6.22. The first-order valence-electron chi connectivity index (χ1n) is 23.0. The van der Waals surface area contributed by atoms with Crippen molar-refractivity contribution in [2.75, 3.05) is 13.2 Å². The fourth-order valence-electron chi connectivity index (χ4n) is 5.74. The van der Waals surface area contributed by atoms with Crippen molar-refractivity contribution in [2.24, 2.45) is 0 Å². The number of carbonyl (C=O) groups is 3. The van der Waals surface area contributed by atoms with E-state index in [0.717, 1.165) is 64.2 Å². The van der Waals surface area contributed by atoms with Gasteiger partial charge in [-0.25, -0.2) is 0 Å². The van der Waals surface area contributed by atoms with Crippen molar-refractivity contribution in [1.82, 2.24) is 0 Å². The first kappa shape index (κ1) is 54.1. The van der Waals surface area contributed by atoms with Crippen LogP contribution < -0.4 is 0 Å². The maximum atomic E-state index is 12.7. The van der Waals surface area contributed by atoms with Crippen LogP contribution >= 0.6 is 0 Å². The van der Waals surface area contributed by atoms with Gasteiger partial charge in [-0.1, -0.05) is 194 Å². The van der Waals surface area contributed by atoms with Crippen molar-refractivity contribution in [2.45, 2.75) is 187 Å². The van der Waals surface area contributed by atoms with E-state index in [1.165, 1.54) is 64.2 Å². The van der Waals surface area contributed by atoms with Gasteiger partial charge in [0.05, 0.1) is 0 Å². The maximum absolute atomic E-state index is 12.7. The Bertz CT molecular complexity index is 1240. The number of hydrogen-bond acceptors (Lipinski definition) is 6. The van der Waals surface area contributed by atoms with Gasteiger partial charge < -0.3 is 14.2 Å². The molecule has 0 heterocycles. The van der Waals surface area contributed by atoms with Crippen LogP contribution in [0.1, 0.15) is 181 Å². The molecule has 1 unspecified atom stereocenters. The van der Waals surface area contributed by atoms with E-state index in [4.69, 9.17) is 14.2 Å². The van der Waals surface area contributed by atoms with Gasteiger partial charge in [-0.05, 0) is 77.0 Å². The van der Waals surface area contributed by atoms with Crippen LogP contribution in [0.5, 0.6) is 0 Å². The van der Waals surface area contributed by atoms with Crippen molar-refractivity contribution >= 4 is 17.9 Å². The Morgan fingerprint density at radius 1 is 0.379 bits per heavy atom. The largest absolute Gasteiger partial charge is 0.462 e. The lowest BCUT2D eigenvalue weighted by atomic mass is 10.1. The number of ether oxygens (including phenoxy) is 3. The van der Waals surface area contributed by atoms with Gasteiger partial charge in [0.2, 0.25) is 0 Å². The summed E-state index contributed by atoms with van der Waals surface area (Å²) in [7, 11) is 0. The van der Waals surface area contributed by atoms with Gasteiger partial charge in [0, 0.05) is 19.3 Å². The molecular weight excluding hydrogens is 721 g/mol. The molecule has 6 heteroatoms. The molecule has 326 valence electrons. The number of carbonyl (C=O) groups excluding carboxylic acids is 3. The van der Waals surface area contributed by atoms with Crippen molar-refractivity contribution in [3.63, 3.8) is 0 Å². The highest BCUT2D eigenvalue weighted by molar-refractivity contribution is 5.71. The molecule has 0 aliphatic heterocycles. The van der Waals surface area contributed by atoms with Crippen LogP contribution in [-0.4, -0.2) is 37.2 Å². The second-order valence-electron chi connectivity index (χ2n) is 14.7. The average molecular weight is 803 g/mol. The lowest BCUT2D eigenvalue weighted by Crippen LogP contribution is -2.30. The molecule has 0 aromatic rings. The third kappa shape index (κ3) is 43.2. The number of rotatable bonds is 39. The molecule has 0 bridgehead atoms. The fourth-order valence-corrected chi connectivity index (χ4v) is 5.74. The highest BCUT2D eigenvalue weighted by Crippen LogP contribution is 2.12. The monoisotopic (exact) mass is 803 g/mol. The first-order valence-corrected chi connectivity index (χ1v) is 23.0. The Kier molecular flexibility index (Phi) is 42.7. The predicted octanol–water partition coefficient (Wildman–Crippen LogP) is 14.8. The van der Waals surface area contributed by atoms with E-state index in [9.17, 15) is 14.4 Å². The normalized spacial score (nSPS) is 13.1. The number of hydrogen-bond donors (Lipinski definition) is 0. The molecular formula is C52H82O6. The van der Waals surface area contributed by atoms with Crippen molar-refractivity contribution in [3.8, 4) is 0 Å². The molecule has 0 rings (SSSR count). The lowest BCUT2D eigenvalue weighted by Gasteiger charge is -2.18. The second kappa shape index (κ2) is 45.8. The van der Waals surface area contributed by atoms with Crippen LogP contribution in [0.2, 0.25) is 0 Å². The Morgan fingerprint density at radius 2 is 0.810 bits per heavy atom. The summed E-state index contributed by atoms with van der Waals surface area (Å²) in [6.07, 6.45) is 60.9. The van der Waals surface area contributed by atoms with Gasteiger partial charge in [0.1, 0.15) is 13.2 Å². The summed E-state index contributed by atoms with van der Waals surface area (Å²) < 4.78 is 16.6. The summed E-state index contributed by atoms with van der Waals surface area (Å²) >= 11 is 0. The molecule has 0 fully saturated rings. The molecule has 0 saturated heterocycles. The van der Waals surface area contributed by atoms with Crippen LogP contribution in [0, 0.1) is 0 Å². The molecule has 0 spiro atoms. The standard InChI is InChI=1S/C52H82O6/c1-4-7-10-13-16-19-22-25-28-30-33-36-39-42-45-51(54)57-48-49(58-52(55)46-43-40-37-34-31-27-24-21-18-15-12-9-6-3)47-56-50(53)44-41-38-35-32-29-26-23-20-17-14-11-8-5-2/h7,9-10,12,15-16,18-19,21,24,26-27,29,31,34-35,37-38,49H,4-6,8,11,13-14,17,20,22-23,25,28,30,32-33,36,39-48H2,1-3H3/b10-7-,12-9-,18-15-,19-16-,24-21-,29-26-,31-27-,37-34-,38-35-. The highest BCUT2D eigenvalue weighted by atomic mass is 16.6. The smallest absolute Gasteiger partial charge is 0.306 e. The van der Waals surface area contributed by atoms with Gasteiger partial charge in [0.25, 0.3) is 0 Å². The summed E-state index contributed by atoms with van der Waals surface area (Å²) in [6, 6.07) is 0. The zero-order valence-electron chi connectivity index (χ0n) is 37.0. The van der Waals surface area contributed by atoms with E-state index >= 15 is 0 Å². The number of allylic oxidation sites excluding steroid dienone is 18. The molecule has 0 N–H and O–H groups in total. The molecule has 6 nitrogen and oxygen atoms in total. The topological polar surface area (TPSA) is 78.9 Å². The van der Waals surface area contributed by atoms with E-state index in [2.05, 4.69) is 69.4 Å². The number of unbranched alkanes of at least 4 members (excludes halogenated alkanes) is 14. The van der Waals surface area contributed by atoms with Gasteiger partial charge in [-0.15, -0.1) is 0 Å². The summed E-state index contributed by atoms with van der Waals surface area (Å²) in [5, 5.41) is 0. The molecule has 0 aromatic heterocycles. The van der Waals surface area contributed by atoms with E-state index in [1.807, 2.05) is 60.8 Å². The molecule has 0 aliphatic carbocycles. The van der Waals surface area contributed by atoms with Gasteiger partial charge in [0.15, 0.2) is 6.10 Å². The zero-order chi connectivity index (χ0) is 42.3. The third-order valence-corrected chi connectivity index (χ3v) is 9.13. The lowest BCUT2D eigenvalue weighted by molar-refractivity contribution is -0.166. The van der Waals surface area contributed by atoms with Crippen LogP contribution in [0.4, 0.5) is 0 Å². The van der Waals surface area contributed by atoms with E-state index in [0.29, 0.717) is 19.3 Å². The van der Waals surface area contributed by atoms with E-state index < -0.39 is 12.1 Å². The van der Waals surface area contributed by atoms with Crippen molar-refractivity contribution in [1.29, 1.82) is 0 Å². The molecule has 0 saturated carbocycles. The van der Waals surface area contributed by atoms with Gasteiger partial charge in [-0.2, -0.15) is 0 Å². The van der Waals surface area contributed by atoms with E-state index in [-0.39, 0.29) is 38.0 Å². The molecule has 0 aliphatic rings. The maximum Gasteiger partial charge on any atom is 0.306 e. The second-order valence-corrected chi connectivity index (χ2v) is 14.7. The Labute approximate surface area is 355 Å². The molecule has 0 radical (unpaired) electrons. The highest BCUT2D eigenvalue weighted by Gasteiger charge is 2.19. The summed E-state index contributed by atoms with van der Waals surface area (Å²) in [4.78, 5) is 37.7. The van der Waals surface area contributed by atoms with Crippen molar-refractivity contribution in [3.05, 3.63) is 109 Å².